The second kappa shape index (κ2) is 6.23. The molecule has 1 aliphatic rings. The van der Waals surface area contributed by atoms with Crippen LogP contribution in [-0.4, -0.2) is 11.1 Å². The molecule has 0 unspecified atom stereocenters. The lowest BCUT2D eigenvalue weighted by atomic mass is 9.72. The molecule has 1 aromatic rings. The summed E-state index contributed by atoms with van der Waals surface area (Å²) in [5, 5.41) is 9.74. The molecule has 0 aliphatic heterocycles. The fourth-order valence-corrected chi connectivity index (χ4v) is 3.26. The molecule has 0 spiro atoms. The third kappa shape index (κ3) is 3.59. The zero-order chi connectivity index (χ0) is 13.7. The van der Waals surface area contributed by atoms with Gasteiger partial charge in [0.1, 0.15) is 0 Å². The number of benzene rings is 1. The lowest BCUT2D eigenvalue weighted by Crippen LogP contribution is -2.34. The van der Waals surface area contributed by atoms with E-state index in [1.165, 1.54) is 30.4 Å². The smallest absolute Gasteiger partial charge is 0.309 e. The minimum atomic E-state index is -0.601. The molecule has 2 nitrogen and oxygen atoms in total. The van der Waals surface area contributed by atoms with Crippen LogP contribution in [0.15, 0.2) is 24.3 Å². The maximum atomic E-state index is 11.8. The molecule has 0 atom stereocenters. The summed E-state index contributed by atoms with van der Waals surface area (Å²) < 4.78 is 0. The van der Waals surface area contributed by atoms with E-state index in [1.54, 1.807) is 0 Å². The number of hydrogen-bond acceptors (Lipinski definition) is 1. The van der Waals surface area contributed by atoms with Crippen LogP contribution in [-0.2, 0) is 11.2 Å². The predicted octanol–water partition coefficient (Wildman–Crippen LogP) is 4.35. The van der Waals surface area contributed by atoms with Gasteiger partial charge in [-0.1, -0.05) is 61.9 Å². The van der Waals surface area contributed by atoms with Gasteiger partial charge in [-0.3, -0.25) is 4.79 Å². The molecule has 0 saturated heterocycles. The molecule has 0 bridgehead atoms. The fourth-order valence-electron chi connectivity index (χ4n) is 3.26. The Balaban J connectivity index is 2.20. The van der Waals surface area contributed by atoms with Gasteiger partial charge in [0.2, 0.25) is 0 Å². The van der Waals surface area contributed by atoms with Crippen molar-refractivity contribution in [1.29, 1.82) is 0 Å². The third-order valence-electron chi connectivity index (χ3n) is 4.39. The van der Waals surface area contributed by atoms with Crippen LogP contribution in [0.3, 0.4) is 0 Å². The average Bonchev–Trinajstić information content (AvgIpc) is 2.32. The van der Waals surface area contributed by atoms with E-state index in [0.29, 0.717) is 6.42 Å². The van der Waals surface area contributed by atoms with Crippen LogP contribution in [0.2, 0.25) is 0 Å². The normalized spacial score (nSPS) is 19.4. The van der Waals surface area contributed by atoms with Crippen molar-refractivity contribution in [3.8, 4) is 0 Å². The Morgan fingerprint density at radius 2 is 1.79 bits per heavy atom. The van der Waals surface area contributed by atoms with Crippen molar-refractivity contribution >= 4 is 5.97 Å². The van der Waals surface area contributed by atoms with Crippen LogP contribution < -0.4 is 0 Å². The Bertz CT molecular complexity index is 429. The maximum absolute atomic E-state index is 11.8. The molecular formula is C17H24O2. The molecule has 1 fully saturated rings. The molecular weight excluding hydrogens is 236 g/mol. The van der Waals surface area contributed by atoms with Crippen molar-refractivity contribution in [3.63, 3.8) is 0 Å². The van der Waals surface area contributed by atoms with Gasteiger partial charge in [-0.15, -0.1) is 0 Å². The Labute approximate surface area is 115 Å². The lowest BCUT2D eigenvalue weighted by molar-refractivity contribution is -0.150. The number of aryl methyl sites for hydroxylation is 1. The molecule has 0 amide bonds. The van der Waals surface area contributed by atoms with Gasteiger partial charge >= 0.3 is 5.97 Å². The van der Waals surface area contributed by atoms with Gasteiger partial charge < -0.3 is 5.11 Å². The van der Waals surface area contributed by atoms with E-state index >= 15 is 0 Å². The first-order valence-electron chi connectivity index (χ1n) is 7.41. The summed E-state index contributed by atoms with van der Waals surface area (Å²) >= 11 is 0. The van der Waals surface area contributed by atoms with Gasteiger partial charge in [0.05, 0.1) is 5.41 Å². The Kier molecular flexibility index (Phi) is 4.62. The van der Waals surface area contributed by atoms with E-state index in [-0.39, 0.29) is 0 Å². The summed E-state index contributed by atoms with van der Waals surface area (Å²) in [6.45, 7) is 2.06. The first-order valence-corrected chi connectivity index (χ1v) is 7.41. The minimum Gasteiger partial charge on any atom is -0.481 e. The SMILES string of the molecule is Cc1cccc(CC2(C(=O)O)CCCCCCC2)c1. The maximum Gasteiger partial charge on any atom is 0.309 e. The summed E-state index contributed by atoms with van der Waals surface area (Å²) in [6.07, 6.45) is 8.08. The van der Waals surface area contributed by atoms with Crippen LogP contribution in [0.1, 0.15) is 56.1 Å². The fraction of sp³-hybridized carbons (Fsp3) is 0.588. The van der Waals surface area contributed by atoms with Crippen LogP contribution in [0.4, 0.5) is 0 Å². The van der Waals surface area contributed by atoms with Crippen LogP contribution >= 0.6 is 0 Å². The first kappa shape index (κ1) is 14.1. The topological polar surface area (TPSA) is 37.3 Å². The molecule has 1 aromatic carbocycles. The number of rotatable bonds is 3. The number of carboxylic acid groups (broad SMARTS) is 1. The first-order chi connectivity index (χ1) is 9.12. The highest BCUT2D eigenvalue weighted by atomic mass is 16.4. The van der Waals surface area contributed by atoms with Crippen LogP contribution in [0, 0.1) is 12.3 Å². The van der Waals surface area contributed by atoms with Gasteiger partial charge in [-0.05, 0) is 31.7 Å². The van der Waals surface area contributed by atoms with E-state index in [9.17, 15) is 9.90 Å². The monoisotopic (exact) mass is 260 g/mol. The highest BCUT2D eigenvalue weighted by Crippen LogP contribution is 2.37. The van der Waals surface area contributed by atoms with E-state index in [2.05, 4.69) is 25.1 Å². The summed E-state index contributed by atoms with van der Waals surface area (Å²) in [5.41, 5.74) is 1.85. The molecule has 1 aliphatic carbocycles. The zero-order valence-electron chi connectivity index (χ0n) is 11.8. The number of carboxylic acids is 1. The van der Waals surface area contributed by atoms with Gasteiger partial charge in [0.25, 0.3) is 0 Å². The molecule has 2 heteroatoms. The standard InChI is InChI=1S/C17H24O2/c1-14-8-7-9-15(12-14)13-17(16(18)19)10-5-3-2-4-6-11-17/h7-9,12H,2-6,10-11,13H2,1H3,(H,18,19). The molecule has 2 rings (SSSR count). The van der Waals surface area contributed by atoms with E-state index in [0.717, 1.165) is 25.7 Å². The number of aliphatic carboxylic acids is 1. The third-order valence-corrected chi connectivity index (χ3v) is 4.39. The van der Waals surface area contributed by atoms with Gasteiger partial charge in [-0.2, -0.15) is 0 Å². The van der Waals surface area contributed by atoms with Crippen molar-refractivity contribution in [2.75, 3.05) is 0 Å². The number of carbonyl (C=O) groups is 1. The van der Waals surface area contributed by atoms with Gasteiger partial charge in [0.15, 0.2) is 0 Å². The second-order valence-corrected chi connectivity index (χ2v) is 6.02. The molecule has 1 saturated carbocycles. The Morgan fingerprint density at radius 1 is 1.16 bits per heavy atom. The van der Waals surface area contributed by atoms with Crippen LogP contribution in [0.25, 0.3) is 0 Å². The molecule has 0 radical (unpaired) electrons. The highest BCUT2D eigenvalue weighted by molar-refractivity contribution is 5.75. The van der Waals surface area contributed by atoms with E-state index < -0.39 is 11.4 Å². The van der Waals surface area contributed by atoms with Crippen molar-refractivity contribution in [2.45, 2.75) is 58.3 Å². The molecule has 0 heterocycles. The van der Waals surface area contributed by atoms with Crippen molar-refractivity contribution in [1.82, 2.24) is 0 Å². The molecule has 19 heavy (non-hydrogen) atoms. The molecule has 0 aromatic heterocycles. The van der Waals surface area contributed by atoms with Crippen molar-refractivity contribution in [3.05, 3.63) is 35.4 Å². The quantitative estimate of drug-likeness (QED) is 0.877. The van der Waals surface area contributed by atoms with E-state index in [1.807, 2.05) is 6.07 Å². The number of hydrogen-bond donors (Lipinski definition) is 1. The van der Waals surface area contributed by atoms with Crippen molar-refractivity contribution in [2.24, 2.45) is 5.41 Å². The average molecular weight is 260 g/mol. The minimum absolute atomic E-state index is 0.534. The van der Waals surface area contributed by atoms with Gasteiger partial charge in [-0.25, -0.2) is 0 Å². The summed E-state index contributed by atoms with van der Waals surface area (Å²) in [4.78, 5) is 11.8. The lowest BCUT2D eigenvalue weighted by Gasteiger charge is -2.31. The zero-order valence-corrected chi connectivity index (χ0v) is 11.8. The summed E-state index contributed by atoms with van der Waals surface area (Å²) in [6, 6.07) is 8.29. The molecule has 1 N–H and O–H groups in total. The molecule has 104 valence electrons. The highest BCUT2D eigenvalue weighted by Gasteiger charge is 2.38. The van der Waals surface area contributed by atoms with E-state index in [4.69, 9.17) is 0 Å². The predicted molar refractivity (Wildman–Crippen MR) is 77.3 cm³/mol. The van der Waals surface area contributed by atoms with Crippen LogP contribution in [0.5, 0.6) is 0 Å². The van der Waals surface area contributed by atoms with Gasteiger partial charge in [0, 0.05) is 0 Å². The summed E-state index contributed by atoms with van der Waals surface area (Å²) in [7, 11) is 0. The second-order valence-electron chi connectivity index (χ2n) is 6.02. The Hall–Kier alpha value is -1.31. The Morgan fingerprint density at radius 3 is 2.37 bits per heavy atom. The van der Waals surface area contributed by atoms with Crippen molar-refractivity contribution < 1.29 is 9.90 Å². The largest absolute Gasteiger partial charge is 0.481 e. The summed E-state index contributed by atoms with van der Waals surface area (Å²) in [5.74, 6) is -0.601.